The molecule has 0 bridgehead atoms. The van der Waals surface area contributed by atoms with Crippen molar-refractivity contribution in [1.82, 2.24) is 5.32 Å². The minimum Gasteiger partial charge on any atom is -0.382 e. The van der Waals surface area contributed by atoms with Crippen LogP contribution in [-0.2, 0) is 5.41 Å². The lowest BCUT2D eigenvalue weighted by Gasteiger charge is -2.30. The van der Waals surface area contributed by atoms with E-state index >= 15 is 0 Å². The van der Waals surface area contributed by atoms with Crippen molar-refractivity contribution in [1.29, 1.82) is 0 Å². The summed E-state index contributed by atoms with van der Waals surface area (Å²) in [5, 5.41) is 7.21. The van der Waals surface area contributed by atoms with E-state index in [-0.39, 0.29) is 5.41 Å². The fraction of sp³-hybridized carbons (Fsp3) is 0.667. The summed E-state index contributed by atoms with van der Waals surface area (Å²) in [6, 6.07) is 10.2. The molecule has 1 aliphatic rings. The quantitative estimate of drug-likeness (QED) is 0.780. The lowest BCUT2D eigenvalue weighted by molar-refractivity contribution is 0.357. The Balaban J connectivity index is 1.81. The van der Waals surface area contributed by atoms with Gasteiger partial charge in [-0.25, -0.2) is 0 Å². The number of hydrogen-bond acceptors (Lipinski definition) is 3. The van der Waals surface area contributed by atoms with Crippen LogP contribution in [0, 0.1) is 0 Å². The largest absolute Gasteiger partial charge is 0.382 e. The van der Waals surface area contributed by atoms with E-state index < -0.39 is 0 Å². The zero-order valence-corrected chi connectivity index (χ0v) is 13.8. The molecule has 118 valence electrons. The predicted octanol–water partition coefficient (Wildman–Crippen LogP) is 3.26. The number of benzene rings is 1. The van der Waals surface area contributed by atoms with E-state index in [1.54, 1.807) is 0 Å². The molecule has 1 aromatic rings. The minimum atomic E-state index is 0.227. The first-order valence-electron chi connectivity index (χ1n) is 8.29. The molecule has 0 aromatic heterocycles. The first-order valence-corrected chi connectivity index (χ1v) is 8.29. The molecule has 0 radical (unpaired) electrons. The van der Waals surface area contributed by atoms with Crippen LogP contribution in [0.4, 0.5) is 5.69 Å². The fourth-order valence-corrected chi connectivity index (χ4v) is 3.03. The maximum Gasteiger partial charge on any atom is 0.0342 e. The van der Waals surface area contributed by atoms with Gasteiger partial charge in [-0.1, -0.05) is 32.9 Å². The number of anilines is 1. The highest BCUT2D eigenvalue weighted by atomic mass is 15.0. The van der Waals surface area contributed by atoms with E-state index in [9.17, 15) is 0 Å². The van der Waals surface area contributed by atoms with Crippen molar-refractivity contribution in [3.63, 3.8) is 0 Å². The van der Waals surface area contributed by atoms with Gasteiger partial charge in [0, 0.05) is 30.9 Å². The molecule has 1 fully saturated rings. The van der Waals surface area contributed by atoms with Crippen molar-refractivity contribution in [2.45, 2.75) is 64.0 Å². The maximum atomic E-state index is 5.54. The number of rotatable bonds is 5. The Morgan fingerprint density at radius 1 is 1.00 bits per heavy atom. The summed E-state index contributed by atoms with van der Waals surface area (Å²) >= 11 is 0. The molecule has 0 amide bonds. The Morgan fingerprint density at radius 3 is 2.10 bits per heavy atom. The van der Waals surface area contributed by atoms with Crippen molar-refractivity contribution in [2.24, 2.45) is 5.73 Å². The van der Waals surface area contributed by atoms with Crippen LogP contribution in [0.15, 0.2) is 24.3 Å². The second-order valence-corrected chi connectivity index (χ2v) is 7.26. The first kappa shape index (κ1) is 16.3. The molecule has 0 aliphatic heterocycles. The zero-order chi connectivity index (χ0) is 15.3. The van der Waals surface area contributed by atoms with Gasteiger partial charge in [0.05, 0.1) is 0 Å². The van der Waals surface area contributed by atoms with Crippen LogP contribution in [0.1, 0.15) is 52.0 Å². The molecule has 1 saturated carbocycles. The molecule has 21 heavy (non-hydrogen) atoms. The van der Waals surface area contributed by atoms with Crippen LogP contribution in [-0.4, -0.2) is 25.2 Å². The second-order valence-electron chi connectivity index (χ2n) is 7.26. The Hall–Kier alpha value is -1.06. The standard InChI is InChI=1S/C18H31N3/c1-18(2,3)14-4-6-16(7-5-14)21-17-10-8-15(9-11-17)20-13-12-19/h4-7,15,17,20-21H,8-13,19H2,1-3H3. The van der Waals surface area contributed by atoms with Crippen LogP contribution in [0.2, 0.25) is 0 Å². The maximum absolute atomic E-state index is 5.54. The van der Waals surface area contributed by atoms with Gasteiger partial charge in [0.1, 0.15) is 0 Å². The third-order valence-electron chi connectivity index (χ3n) is 4.43. The molecule has 1 aliphatic carbocycles. The van der Waals surface area contributed by atoms with Crippen LogP contribution in [0.5, 0.6) is 0 Å². The third-order valence-corrected chi connectivity index (χ3v) is 4.43. The second kappa shape index (κ2) is 7.28. The van der Waals surface area contributed by atoms with Gasteiger partial charge >= 0.3 is 0 Å². The Labute approximate surface area is 129 Å². The van der Waals surface area contributed by atoms with E-state index in [0.29, 0.717) is 12.1 Å². The summed E-state index contributed by atoms with van der Waals surface area (Å²) in [4.78, 5) is 0. The topological polar surface area (TPSA) is 50.1 Å². The normalized spacial score (nSPS) is 23.0. The molecule has 4 N–H and O–H groups in total. The lowest BCUT2D eigenvalue weighted by atomic mass is 9.87. The summed E-state index contributed by atoms with van der Waals surface area (Å²) < 4.78 is 0. The molecule has 3 nitrogen and oxygen atoms in total. The SMILES string of the molecule is CC(C)(C)c1ccc(NC2CCC(NCCN)CC2)cc1. The van der Waals surface area contributed by atoms with Crippen molar-refractivity contribution in [3.05, 3.63) is 29.8 Å². The Kier molecular flexibility index (Phi) is 5.65. The van der Waals surface area contributed by atoms with Gasteiger partial charge in [-0.3, -0.25) is 0 Å². The van der Waals surface area contributed by atoms with Crippen LogP contribution < -0.4 is 16.4 Å². The van der Waals surface area contributed by atoms with Crippen molar-refractivity contribution >= 4 is 5.69 Å². The van der Waals surface area contributed by atoms with Gasteiger partial charge in [-0.2, -0.15) is 0 Å². The van der Waals surface area contributed by atoms with Gasteiger partial charge < -0.3 is 16.4 Å². The number of nitrogens with one attached hydrogen (secondary N) is 2. The van der Waals surface area contributed by atoms with Gasteiger partial charge in [0.2, 0.25) is 0 Å². The Morgan fingerprint density at radius 2 is 1.57 bits per heavy atom. The van der Waals surface area contributed by atoms with E-state index in [2.05, 4.69) is 55.7 Å². The van der Waals surface area contributed by atoms with Gasteiger partial charge in [0.25, 0.3) is 0 Å². The lowest BCUT2D eigenvalue weighted by Crippen LogP contribution is -2.39. The predicted molar refractivity (Wildman–Crippen MR) is 91.9 cm³/mol. The van der Waals surface area contributed by atoms with E-state index in [1.807, 2.05) is 0 Å². The average Bonchev–Trinajstić information content (AvgIpc) is 2.46. The molecule has 0 unspecified atom stereocenters. The summed E-state index contributed by atoms with van der Waals surface area (Å²) in [6.07, 6.45) is 4.97. The molecule has 3 heteroatoms. The summed E-state index contributed by atoms with van der Waals surface area (Å²) in [7, 11) is 0. The highest BCUT2D eigenvalue weighted by Gasteiger charge is 2.20. The summed E-state index contributed by atoms with van der Waals surface area (Å²) in [5.41, 5.74) is 8.41. The summed E-state index contributed by atoms with van der Waals surface area (Å²) in [6.45, 7) is 8.44. The number of hydrogen-bond donors (Lipinski definition) is 3. The van der Waals surface area contributed by atoms with E-state index in [4.69, 9.17) is 5.73 Å². The number of nitrogens with two attached hydrogens (primary N) is 1. The molecule has 0 heterocycles. The van der Waals surface area contributed by atoms with Crippen molar-refractivity contribution in [2.75, 3.05) is 18.4 Å². The monoisotopic (exact) mass is 289 g/mol. The average molecular weight is 289 g/mol. The molecular formula is C18H31N3. The van der Waals surface area contributed by atoms with Crippen LogP contribution >= 0.6 is 0 Å². The Bertz CT molecular complexity index is 411. The van der Waals surface area contributed by atoms with Crippen LogP contribution in [0.25, 0.3) is 0 Å². The van der Waals surface area contributed by atoms with Gasteiger partial charge in [-0.05, 0) is 48.8 Å². The van der Waals surface area contributed by atoms with E-state index in [1.165, 1.54) is 36.9 Å². The highest BCUT2D eigenvalue weighted by molar-refractivity contribution is 5.46. The minimum absolute atomic E-state index is 0.227. The molecule has 0 atom stereocenters. The summed E-state index contributed by atoms with van der Waals surface area (Å²) in [5.74, 6) is 0. The van der Waals surface area contributed by atoms with Crippen LogP contribution in [0.3, 0.4) is 0 Å². The van der Waals surface area contributed by atoms with Crippen molar-refractivity contribution < 1.29 is 0 Å². The van der Waals surface area contributed by atoms with E-state index in [0.717, 1.165) is 13.1 Å². The molecular weight excluding hydrogens is 258 g/mol. The third kappa shape index (κ3) is 5.01. The molecule has 2 rings (SSSR count). The highest BCUT2D eigenvalue weighted by Crippen LogP contribution is 2.26. The molecule has 0 saturated heterocycles. The molecule has 1 aromatic carbocycles. The molecule has 0 spiro atoms. The fourth-order valence-electron chi connectivity index (χ4n) is 3.03. The smallest absolute Gasteiger partial charge is 0.0342 e. The van der Waals surface area contributed by atoms with Crippen molar-refractivity contribution in [3.8, 4) is 0 Å². The van der Waals surface area contributed by atoms with Gasteiger partial charge in [0.15, 0.2) is 0 Å². The first-order chi connectivity index (χ1) is 9.99. The van der Waals surface area contributed by atoms with Gasteiger partial charge in [-0.15, -0.1) is 0 Å². The zero-order valence-electron chi connectivity index (χ0n) is 13.8.